The zero-order chi connectivity index (χ0) is 27.5. The summed E-state index contributed by atoms with van der Waals surface area (Å²) in [6, 6.07) is 3.55. The molecule has 0 saturated carbocycles. The molecule has 0 aliphatic heterocycles. The van der Waals surface area contributed by atoms with Gasteiger partial charge in [0.25, 0.3) is 0 Å². The largest absolute Gasteiger partial charge is 0.493 e. The highest BCUT2D eigenvalue weighted by molar-refractivity contribution is 5.89. The summed E-state index contributed by atoms with van der Waals surface area (Å²) in [5.74, 6) is 1.28. The molecular weight excluding hydrogens is 480 g/mol. The van der Waals surface area contributed by atoms with Gasteiger partial charge in [0.1, 0.15) is 5.60 Å². The number of hydrogen-bond acceptors (Lipinski definition) is 9. The fraction of sp³-hybridized carbons (Fsp3) is 0.464. The molecule has 9 nitrogen and oxygen atoms in total. The van der Waals surface area contributed by atoms with Gasteiger partial charge in [-0.15, -0.1) is 0 Å². The average molecular weight is 517 g/mol. The molecule has 2 aromatic carbocycles. The summed E-state index contributed by atoms with van der Waals surface area (Å²) in [7, 11) is 9.11. The number of rotatable bonds is 8. The fourth-order valence-electron chi connectivity index (χ4n) is 4.87. The van der Waals surface area contributed by atoms with Crippen LogP contribution in [0, 0.1) is 5.92 Å². The van der Waals surface area contributed by atoms with Crippen LogP contribution in [-0.2, 0) is 16.0 Å². The Kier molecular flexibility index (Phi) is 8.48. The molecule has 9 heteroatoms. The van der Waals surface area contributed by atoms with Gasteiger partial charge in [0, 0.05) is 22.8 Å². The Bertz CT molecular complexity index is 1180. The van der Waals surface area contributed by atoms with Gasteiger partial charge in [-0.1, -0.05) is 13.0 Å². The number of esters is 1. The van der Waals surface area contributed by atoms with Gasteiger partial charge in [-0.25, -0.2) is 4.79 Å². The van der Waals surface area contributed by atoms with Crippen LogP contribution in [0.25, 0.3) is 11.1 Å². The molecule has 1 N–H and O–H groups in total. The molecule has 0 spiro atoms. The van der Waals surface area contributed by atoms with Crippen LogP contribution in [0.5, 0.6) is 34.5 Å². The van der Waals surface area contributed by atoms with Gasteiger partial charge >= 0.3 is 5.97 Å². The highest BCUT2D eigenvalue weighted by atomic mass is 16.6. The Balaban J connectivity index is 2.60. The molecule has 0 amide bonds. The highest BCUT2D eigenvalue weighted by Gasteiger charge is 2.46. The molecular formula is C28H36O9. The molecule has 0 radical (unpaired) electrons. The van der Waals surface area contributed by atoms with Crippen molar-refractivity contribution in [1.82, 2.24) is 0 Å². The molecule has 0 bridgehead atoms. The summed E-state index contributed by atoms with van der Waals surface area (Å²) >= 11 is 0. The predicted molar refractivity (Wildman–Crippen MR) is 138 cm³/mol. The van der Waals surface area contributed by atoms with Crippen molar-refractivity contribution in [3.05, 3.63) is 35.4 Å². The summed E-state index contributed by atoms with van der Waals surface area (Å²) in [5.41, 5.74) is 0.929. The number of fused-ring (bicyclic) bond motifs is 3. The van der Waals surface area contributed by atoms with E-state index < -0.39 is 17.7 Å². The van der Waals surface area contributed by atoms with Crippen LogP contribution < -0.4 is 28.4 Å². The minimum atomic E-state index is -1.49. The zero-order valence-electron chi connectivity index (χ0n) is 22.9. The van der Waals surface area contributed by atoms with Gasteiger partial charge in [0.2, 0.25) is 11.5 Å². The third-order valence-electron chi connectivity index (χ3n) is 6.90. The van der Waals surface area contributed by atoms with Crippen molar-refractivity contribution in [2.45, 2.75) is 38.9 Å². The summed E-state index contributed by atoms with van der Waals surface area (Å²) in [6.45, 7) is 5.26. The van der Waals surface area contributed by atoms with E-state index in [2.05, 4.69) is 0 Å². The third-order valence-corrected chi connectivity index (χ3v) is 6.90. The van der Waals surface area contributed by atoms with E-state index in [1.165, 1.54) is 41.6 Å². The van der Waals surface area contributed by atoms with Gasteiger partial charge in [-0.2, -0.15) is 0 Å². The maximum atomic E-state index is 12.7. The second-order valence-electron chi connectivity index (χ2n) is 8.94. The fourth-order valence-corrected chi connectivity index (χ4v) is 4.87. The number of ether oxygens (including phenoxy) is 7. The molecule has 3 unspecified atom stereocenters. The van der Waals surface area contributed by atoms with E-state index in [9.17, 15) is 9.90 Å². The van der Waals surface area contributed by atoms with Crippen LogP contribution in [0.1, 0.15) is 38.0 Å². The smallest absolute Gasteiger partial charge is 0.331 e. The minimum Gasteiger partial charge on any atom is -0.493 e. The lowest BCUT2D eigenvalue weighted by atomic mass is 9.73. The summed E-state index contributed by atoms with van der Waals surface area (Å²) < 4.78 is 40.3. The van der Waals surface area contributed by atoms with Crippen molar-refractivity contribution in [3.63, 3.8) is 0 Å². The van der Waals surface area contributed by atoms with Crippen LogP contribution in [0.3, 0.4) is 0 Å². The molecule has 202 valence electrons. The Hall–Kier alpha value is -3.59. The average Bonchev–Trinajstić information content (AvgIpc) is 2.89. The Morgan fingerprint density at radius 3 is 1.86 bits per heavy atom. The minimum absolute atomic E-state index is 0.320. The summed E-state index contributed by atoms with van der Waals surface area (Å²) in [6.07, 6.45) is 2.18. The molecule has 0 aromatic heterocycles. The van der Waals surface area contributed by atoms with Gasteiger partial charge in [-0.05, 0) is 43.9 Å². The van der Waals surface area contributed by atoms with E-state index in [4.69, 9.17) is 33.2 Å². The second kappa shape index (κ2) is 11.2. The normalized spacial score (nSPS) is 20.7. The van der Waals surface area contributed by atoms with Gasteiger partial charge in [-0.3, -0.25) is 0 Å². The molecule has 0 heterocycles. The van der Waals surface area contributed by atoms with Crippen LogP contribution in [0.15, 0.2) is 24.3 Å². The van der Waals surface area contributed by atoms with Gasteiger partial charge in [0.15, 0.2) is 29.1 Å². The zero-order valence-corrected chi connectivity index (χ0v) is 22.9. The molecule has 1 aliphatic carbocycles. The van der Waals surface area contributed by atoms with E-state index in [0.717, 1.165) is 5.56 Å². The first-order valence-corrected chi connectivity index (χ1v) is 11.9. The first-order valence-electron chi connectivity index (χ1n) is 11.9. The van der Waals surface area contributed by atoms with E-state index >= 15 is 0 Å². The van der Waals surface area contributed by atoms with Crippen molar-refractivity contribution < 1.29 is 43.1 Å². The van der Waals surface area contributed by atoms with Crippen molar-refractivity contribution >= 4 is 5.97 Å². The highest BCUT2D eigenvalue weighted by Crippen LogP contribution is 2.58. The standard InChI is InChI=1S/C28H36O9/c1-10-11-20(29)37-27-17-14-19(32-5)24(34-7)26(36-9)22(17)21-16(12-15(2)28(27,3)30)13-18(31-4)23(33-6)25(21)35-8/h10-11,13-15,27,30H,12H2,1-9H3. The lowest BCUT2D eigenvalue weighted by Crippen LogP contribution is -2.43. The molecule has 2 aromatic rings. The SMILES string of the molecule is CC=CC(=O)OC1c2cc(OC)c(OC)c(OC)c2-c2c(cc(OC)c(OC)c2OC)CC(C)C1(C)O. The Labute approximate surface area is 217 Å². The third kappa shape index (κ3) is 4.75. The number of allylic oxidation sites excluding steroid dienone is 1. The lowest BCUT2D eigenvalue weighted by molar-refractivity contribution is -0.165. The number of methoxy groups -OCH3 is 6. The van der Waals surface area contributed by atoms with Crippen LogP contribution >= 0.6 is 0 Å². The van der Waals surface area contributed by atoms with E-state index in [1.54, 1.807) is 33.1 Å². The quantitative estimate of drug-likeness (QED) is 0.401. The maximum Gasteiger partial charge on any atom is 0.331 e. The van der Waals surface area contributed by atoms with E-state index in [-0.39, 0.29) is 5.92 Å². The Morgan fingerprint density at radius 1 is 0.865 bits per heavy atom. The van der Waals surface area contributed by atoms with E-state index in [0.29, 0.717) is 57.6 Å². The summed E-state index contributed by atoms with van der Waals surface area (Å²) in [5, 5.41) is 11.9. The number of benzene rings is 2. The number of aliphatic hydroxyl groups is 1. The number of carbonyl (C=O) groups is 1. The molecule has 0 saturated heterocycles. The van der Waals surface area contributed by atoms with Crippen LogP contribution in [0.4, 0.5) is 0 Å². The number of hydrogen-bond donors (Lipinski definition) is 1. The first kappa shape index (κ1) is 28.0. The lowest BCUT2D eigenvalue weighted by Gasteiger charge is -2.41. The second-order valence-corrected chi connectivity index (χ2v) is 8.94. The van der Waals surface area contributed by atoms with E-state index in [1.807, 2.05) is 13.0 Å². The van der Waals surface area contributed by atoms with Gasteiger partial charge in [0.05, 0.1) is 42.7 Å². The van der Waals surface area contributed by atoms with Crippen molar-refractivity contribution in [2.24, 2.45) is 5.92 Å². The topological polar surface area (TPSA) is 102 Å². The maximum absolute atomic E-state index is 12.7. The number of carbonyl (C=O) groups excluding carboxylic acids is 1. The van der Waals surface area contributed by atoms with Crippen molar-refractivity contribution in [1.29, 1.82) is 0 Å². The Morgan fingerprint density at radius 2 is 1.38 bits per heavy atom. The molecule has 3 rings (SSSR count). The van der Waals surface area contributed by atoms with Crippen LogP contribution in [-0.4, -0.2) is 59.3 Å². The van der Waals surface area contributed by atoms with Crippen LogP contribution in [0.2, 0.25) is 0 Å². The van der Waals surface area contributed by atoms with Crippen molar-refractivity contribution in [2.75, 3.05) is 42.7 Å². The summed E-state index contributed by atoms with van der Waals surface area (Å²) in [4.78, 5) is 12.7. The predicted octanol–water partition coefficient (Wildman–Crippen LogP) is 4.51. The first-order chi connectivity index (χ1) is 17.6. The van der Waals surface area contributed by atoms with Crippen molar-refractivity contribution in [3.8, 4) is 45.6 Å². The molecule has 37 heavy (non-hydrogen) atoms. The monoisotopic (exact) mass is 516 g/mol. The van der Waals surface area contributed by atoms with Gasteiger partial charge < -0.3 is 38.3 Å². The molecule has 3 atom stereocenters. The molecule has 0 fully saturated rings. The molecule has 1 aliphatic rings.